The number of carbonyl (C=O) groups is 2. The van der Waals surface area contributed by atoms with Crippen molar-refractivity contribution >= 4 is 12.1 Å². The molecule has 0 bridgehead atoms. The van der Waals surface area contributed by atoms with E-state index in [1.165, 1.54) is 4.90 Å². The third-order valence-electron chi connectivity index (χ3n) is 2.54. The molecule has 1 saturated heterocycles. The summed E-state index contributed by atoms with van der Waals surface area (Å²) in [6.07, 6.45) is -1.06. The number of carboxylic acids is 1. The molecule has 19 heavy (non-hydrogen) atoms. The number of nitrogens with zero attached hydrogens (tertiary/aromatic N) is 1. The quantitative estimate of drug-likeness (QED) is 0.831. The molecule has 1 amide bonds. The van der Waals surface area contributed by atoms with Gasteiger partial charge in [-0.15, -0.1) is 0 Å². The van der Waals surface area contributed by atoms with E-state index in [2.05, 4.69) is 0 Å². The van der Waals surface area contributed by atoms with E-state index in [-0.39, 0.29) is 13.0 Å². The zero-order valence-corrected chi connectivity index (χ0v) is 12.2. The largest absolute Gasteiger partial charge is 0.481 e. The van der Waals surface area contributed by atoms with E-state index >= 15 is 0 Å². The molecule has 0 aromatic carbocycles. The average Bonchev–Trinajstić information content (AvgIpc) is 2.10. The first-order chi connectivity index (χ1) is 8.48. The lowest BCUT2D eigenvalue weighted by atomic mass is 10.0. The predicted octanol–water partition coefficient (Wildman–Crippen LogP) is 1.88. The van der Waals surface area contributed by atoms with Crippen LogP contribution in [0.1, 0.15) is 41.0 Å². The van der Waals surface area contributed by atoms with Gasteiger partial charge in [-0.3, -0.25) is 4.79 Å². The van der Waals surface area contributed by atoms with E-state index in [0.29, 0.717) is 6.54 Å². The predicted molar refractivity (Wildman–Crippen MR) is 69.0 cm³/mol. The highest BCUT2D eigenvalue weighted by Crippen LogP contribution is 2.24. The van der Waals surface area contributed by atoms with E-state index in [4.69, 9.17) is 14.6 Å². The number of carboxylic acid groups (broad SMARTS) is 1. The van der Waals surface area contributed by atoms with Gasteiger partial charge in [-0.1, -0.05) is 0 Å². The maximum atomic E-state index is 12.0. The molecule has 0 aromatic rings. The van der Waals surface area contributed by atoms with Gasteiger partial charge in [0.05, 0.1) is 31.2 Å². The van der Waals surface area contributed by atoms with Crippen molar-refractivity contribution < 1.29 is 24.2 Å². The fraction of sp³-hybridized carbons (Fsp3) is 0.846. The van der Waals surface area contributed by atoms with Gasteiger partial charge in [0.15, 0.2) is 0 Å². The molecule has 6 heteroatoms. The molecule has 1 heterocycles. The number of carbonyl (C=O) groups excluding carboxylic acids is 1. The van der Waals surface area contributed by atoms with Crippen LogP contribution in [0.4, 0.5) is 4.79 Å². The summed E-state index contributed by atoms with van der Waals surface area (Å²) < 4.78 is 11.0. The van der Waals surface area contributed by atoms with Gasteiger partial charge in [-0.05, 0) is 34.6 Å². The number of amides is 1. The fourth-order valence-electron chi connectivity index (χ4n) is 2.06. The molecule has 1 aliphatic rings. The van der Waals surface area contributed by atoms with Crippen LogP contribution in [0.15, 0.2) is 0 Å². The van der Waals surface area contributed by atoms with Gasteiger partial charge in [0, 0.05) is 0 Å². The molecule has 0 saturated carbocycles. The molecule has 1 rings (SSSR count). The Kier molecular flexibility index (Phi) is 4.45. The first-order valence-corrected chi connectivity index (χ1v) is 6.36. The zero-order chi connectivity index (χ0) is 14.8. The molecule has 0 radical (unpaired) electrons. The fourth-order valence-corrected chi connectivity index (χ4v) is 2.06. The van der Waals surface area contributed by atoms with E-state index < -0.39 is 29.4 Å². The summed E-state index contributed by atoms with van der Waals surface area (Å²) in [6.45, 7) is 9.68. The van der Waals surface area contributed by atoms with Gasteiger partial charge in [-0.2, -0.15) is 0 Å². The highest BCUT2D eigenvalue weighted by molar-refractivity contribution is 5.69. The van der Waals surface area contributed by atoms with Crippen molar-refractivity contribution in [1.82, 2.24) is 4.90 Å². The van der Waals surface area contributed by atoms with Crippen LogP contribution in [0.3, 0.4) is 0 Å². The molecule has 110 valence electrons. The maximum absolute atomic E-state index is 12.0. The molecule has 1 atom stereocenters. The lowest BCUT2D eigenvalue weighted by Crippen LogP contribution is -2.55. The van der Waals surface area contributed by atoms with Crippen molar-refractivity contribution in [2.24, 2.45) is 0 Å². The Hall–Kier alpha value is -1.30. The van der Waals surface area contributed by atoms with Gasteiger partial charge >= 0.3 is 12.1 Å². The summed E-state index contributed by atoms with van der Waals surface area (Å²) in [5, 5.41) is 8.83. The second-order valence-electron chi connectivity index (χ2n) is 6.46. The minimum atomic E-state index is -0.938. The van der Waals surface area contributed by atoms with Gasteiger partial charge in [0.2, 0.25) is 0 Å². The highest BCUT2D eigenvalue weighted by atomic mass is 16.6. The van der Waals surface area contributed by atoms with Crippen LogP contribution < -0.4 is 0 Å². The summed E-state index contributed by atoms with van der Waals surface area (Å²) >= 11 is 0. The first-order valence-electron chi connectivity index (χ1n) is 6.36. The molecule has 6 nitrogen and oxygen atoms in total. The van der Waals surface area contributed by atoms with E-state index in [0.717, 1.165) is 0 Å². The lowest BCUT2D eigenvalue weighted by molar-refractivity contribution is -0.156. The second kappa shape index (κ2) is 5.36. The van der Waals surface area contributed by atoms with Crippen LogP contribution in [0.25, 0.3) is 0 Å². The van der Waals surface area contributed by atoms with Crippen molar-refractivity contribution in [3.05, 3.63) is 0 Å². The zero-order valence-electron chi connectivity index (χ0n) is 12.2. The standard InChI is InChI=1S/C13H23NO5/c1-12(2,3)19-11(17)14-7-9(6-10(15)16)18-13(4,5)8-14/h9H,6-8H2,1-5H3,(H,15,16). The van der Waals surface area contributed by atoms with Crippen molar-refractivity contribution in [1.29, 1.82) is 0 Å². The third kappa shape index (κ3) is 5.46. The smallest absolute Gasteiger partial charge is 0.410 e. The molecular weight excluding hydrogens is 250 g/mol. The normalized spacial score (nSPS) is 23.0. The summed E-state index contributed by atoms with van der Waals surface area (Å²) in [4.78, 5) is 24.3. The molecular formula is C13H23NO5. The Morgan fingerprint density at radius 1 is 1.42 bits per heavy atom. The number of rotatable bonds is 2. The summed E-state index contributed by atoms with van der Waals surface area (Å²) in [7, 11) is 0. The van der Waals surface area contributed by atoms with E-state index in [1.807, 2.05) is 13.8 Å². The summed E-state index contributed by atoms with van der Waals surface area (Å²) in [6, 6.07) is 0. The molecule has 0 aliphatic carbocycles. The first kappa shape index (κ1) is 15.8. The van der Waals surface area contributed by atoms with E-state index in [1.54, 1.807) is 20.8 Å². The Balaban J connectivity index is 2.72. The van der Waals surface area contributed by atoms with Gasteiger partial charge < -0.3 is 19.5 Å². The molecule has 0 aromatic heterocycles. The van der Waals surface area contributed by atoms with Crippen molar-refractivity contribution in [2.45, 2.75) is 58.3 Å². The maximum Gasteiger partial charge on any atom is 0.410 e. The summed E-state index contributed by atoms with van der Waals surface area (Å²) in [5.41, 5.74) is -1.14. The number of aliphatic carboxylic acids is 1. The Morgan fingerprint density at radius 2 is 2.00 bits per heavy atom. The number of ether oxygens (including phenoxy) is 2. The number of hydrogen-bond acceptors (Lipinski definition) is 4. The monoisotopic (exact) mass is 273 g/mol. The van der Waals surface area contributed by atoms with Crippen LogP contribution in [0.5, 0.6) is 0 Å². The van der Waals surface area contributed by atoms with Crippen LogP contribution in [-0.2, 0) is 14.3 Å². The van der Waals surface area contributed by atoms with Crippen LogP contribution >= 0.6 is 0 Å². The molecule has 1 aliphatic heterocycles. The highest BCUT2D eigenvalue weighted by Gasteiger charge is 2.38. The number of hydrogen-bond donors (Lipinski definition) is 1. The van der Waals surface area contributed by atoms with E-state index in [9.17, 15) is 9.59 Å². The molecule has 1 N–H and O–H groups in total. The van der Waals surface area contributed by atoms with Crippen LogP contribution in [-0.4, -0.2) is 52.5 Å². The molecule has 0 spiro atoms. The molecule has 1 fully saturated rings. The Labute approximate surface area is 113 Å². The average molecular weight is 273 g/mol. The summed E-state index contributed by atoms with van der Waals surface area (Å²) in [5.74, 6) is -0.938. The Bertz CT molecular complexity index is 359. The van der Waals surface area contributed by atoms with Crippen molar-refractivity contribution in [3.63, 3.8) is 0 Å². The van der Waals surface area contributed by atoms with Crippen LogP contribution in [0.2, 0.25) is 0 Å². The topological polar surface area (TPSA) is 76.1 Å². The Morgan fingerprint density at radius 3 is 2.47 bits per heavy atom. The van der Waals surface area contributed by atoms with Crippen molar-refractivity contribution in [2.75, 3.05) is 13.1 Å². The van der Waals surface area contributed by atoms with Gasteiger partial charge in [0.25, 0.3) is 0 Å². The number of morpholine rings is 1. The van der Waals surface area contributed by atoms with Gasteiger partial charge in [0.1, 0.15) is 5.60 Å². The second-order valence-corrected chi connectivity index (χ2v) is 6.46. The SMILES string of the molecule is CC(C)(C)OC(=O)N1CC(CC(=O)O)OC(C)(C)C1. The lowest BCUT2D eigenvalue weighted by Gasteiger charge is -2.42. The molecule has 1 unspecified atom stereocenters. The minimum Gasteiger partial charge on any atom is -0.481 e. The third-order valence-corrected chi connectivity index (χ3v) is 2.54. The van der Waals surface area contributed by atoms with Crippen molar-refractivity contribution in [3.8, 4) is 0 Å². The minimum absolute atomic E-state index is 0.122. The van der Waals surface area contributed by atoms with Gasteiger partial charge in [-0.25, -0.2) is 4.79 Å². The van der Waals surface area contributed by atoms with Crippen LogP contribution in [0, 0.1) is 0 Å².